The second kappa shape index (κ2) is 8.11. The third kappa shape index (κ3) is 6.20. The van der Waals surface area contributed by atoms with Crippen LogP contribution in [0.2, 0.25) is 0 Å². The quantitative estimate of drug-likeness (QED) is 0.597. The summed E-state index contributed by atoms with van der Waals surface area (Å²) in [7, 11) is 1.05. The van der Waals surface area contributed by atoms with E-state index in [1.54, 1.807) is 20.8 Å². The lowest BCUT2D eigenvalue weighted by atomic mass is 9.84. The molecule has 1 atom stereocenters. The number of benzene rings is 1. The number of hydrogen-bond acceptors (Lipinski definition) is 3. The molecule has 0 aliphatic rings. The highest BCUT2D eigenvalue weighted by Crippen LogP contribution is 2.45. The van der Waals surface area contributed by atoms with E-state index < -0.39 is 45.4 Å². The van der Waals surface area contributed by atoms with Crippen LogP contribution >= 0.6 is 34.8 Å². The number of ether oxygens (including phenoxy) is 1. The Morgan fingerprint density at radius 3 is 2.07 bits per heavy atom. The van der Waals surface area contributed by atoms with Crippen molar-refractivity contribution in [1.82, 2.24) is 0 Å². The number of methoxy groups -OCH3 is 1. The predicted octanol–water partition coefficient (Wildman–Crippen LogP) is 5.44. The SMILES string of the molecule is COc1c(C(O)C(F)(F)F)cc(C(C)(C)C)cc1N(CC(Cl)(Cl)Cl)C(=O)O. The number of anilines is 1. The monoisotopic (exact) mass is 451 g/mol. The molecule has 0 fully saturated rings. The minimum absolute atomic E-state index is 0.276. The molecule has 1 amide bonds. The number of hydrogen-bond donors (Lipinski definition) is 2. The summed E-state index contributed by atoms with van der Waals surface area (Å²) in [6, 6.07) is 2.45. The molecule has 1 rings (SSSR count). The van der Waals surface area contributed by atoms with Crippen molar-refractivity contribution in [1.29, 1.82) is 0 Å². The fraction of sp³-hybridized carbons (Fsp3) is 0.562. The number of carbonyl (C=O) groups is 1. The molecule has 5 nitrogen and oxygen atoms in total. The second-order valence-electron chi connectivity index (χ2n) is 6.80. The van der Waals surface area contributed by atoms with Gasteiger partial charge in [0.15, 0.2) is 6.10 Å². The van der Waals surface area contributed by atoms with Crippen LogP contribution < -0.4 is 9.64 Å². The van der Waals surface area contributed by atoms with E-state index in [1.807, 2.05) is 0 Å². The first kappa shape index (κ1) is 23.9. The fourth-order valence-corrected chi connectivity index (χ4v) is 2.66. The van der Waals surface area contributed by atoms with Gasteiger partial charge in [-0.05, 0) is 23.1 Å². The molecule has 1 unspecified atom stereocenters. The molecule has 0 aromatic heterocycles. The maximum absolute atomic E-state index is 13.1. The van der Waals surface area contributed by atoms with Crippen LogP contribution in [0.5, 0.6) is 5.75 Å². The van der Waals surface area contributed by atoms with Crippen LogP contribution in [-0.4, -0.2) is 39.9 Å². The van der Waals surface area contributed by atoms with E-state index in [0.717, 1.165) is 13.2 Å². The topological polar surface area (TPSA) is 70.0 Å². The van der Waals surface area contributed by atoms with Gasteiger partial charge in [-0.3, -0.25) is 4.90 Å². The highest BCUT2D eigenvalue weighted by Gasteiger charge is 2.43. The van der Waals surface area contributed by atoms with Crippen LogP contribution in [0.1, 0.15) is 38.0 Å². The van der Waals surface area contributed by atoms with Crippen molar-refractivity contribution in [3.05, 3.63) is 23.3 Å². The number of aliphatic hydroxyl groups is 1. The van der Waals surface area contributed by atoms with Crippen molar-refractivity contribution < 1.29 is 32.9 Å². The number of carboxylic acid groups (broad SMARTS) is 1. The molecule has 0 saturated heterocycles. The van der Waals surface area contributed by atoms with Crippen LogP contribution in [-0.2, 0) is 5.41 Å². The van der Waals surface area contributed by atoms with Crippen molar-refractivity contribution >= 4 is 46.6 Å². The number of rotatable bonds is 4. The molecule has 1 aromatic rings. The molecule has 0 aliphatic carbocycles. The Kier molecular flexibility index (Phi) is 7.19. The Hall–Kier alpha value is -1.09. The number of halogens is 6. The van der Waals surface area contributed by atoms with E-state index in [4.69, 9.17) is 39.5 Å². The molecule has 11 heteroatoms. The van der Waals surface area contributed by atoms with Gasteiger partial charge in [0.25, 0.3) is 0 Å². The first-order chi connectivity index (χ1) is 12.0. The standard InChI is InChI=1S/C16H19Cl3F3NO4/c1-14(2,3)8-5-9(12(24)16(20,21)22)11(27-4)10(6-8)23(13(25)26)7-15(17,18)19/h5-6,12,24H,7H2,1-4H3,(H,25,26). The van der Waals surface area contributed by atoms with Crippen molar-refractivity contribution in [2.45, 2.75) is 42.3 Å². The van der Waals surface area contributed by atoms with Crippen molar-refractivity contribution in [2.24, 2.45) is 0 Å². The third-order valence-corrected chi connectivity index (χ3v) is 3.99. The smallest absolute Gasteiger partial charge is 0.418 e. The number of nitrogens with zero attached hydrogens (tertiary/aromatic N) is 1. The maximum Gasteiger partial charge on any atom is 0.418 e. The van der Waals surface area contributed by atoms with Crippen molar-refractivity contribution in [3.8, 4) is 5.75 Å². The van der Waals surface area contributed by atoms with Crippen molar-refractivity contribution in [2.75, 3.05) is 18.6 Å². The molecule has 0 heterocycles. The van der Waals surface area contributed by atoms with Crippen LogP contribution in [0.4, 0.5) is 23.7 Å². The second-order valence-corrected chi connectivity index (χ2v) is 9.31. The van der Waals surface area contributed by atoms with Gasteiger partial charge in [0.05, 0.1) is 19.3 Å². The normalized spacial score (nSPS) is 14.0. The Balaban J connectivity index is 3.82. The van der Waals surface area contributed by atoms with Gasteiger partial charge in [0.1, 0.15) is 5.75 Å². The summed E-state index contributed by atoms with van der Waals surface area (Å²) in [4.78, 5) is 12.3. The zero-order valence-corrected chi connectivity index (χ0v) is 17.1. The summed E-state index contributed by atoms with van der Waals surface area (Å²) in [5.74, 6) is -0.482. The summed E-state index contributed by atoms with van der Waals surface area (Å²) in [6.07, 6.45) is -9.46. The highest BCUT2D eigenvalue weighted by molar-refractivity contribution is 6.68. The third-order valence-electron chi connectivity index (χ3n) is 3.63. The van der Waals surface area contributed by atoms with Gasteiger partial charge < -0.3 is 14.9 Å². The zero-order chi connectivity index (χ0) is 21.4. The van der Waals surface area contributed by atoms with E-state index in [1.165, 1.54) is 6.07 Å². The Labute approximate surface area is 169 Å². The summed E-state index contributed by atoms with van der Waals surface area (Å²) < 4.78 is 42.4. The zero-order valence-electron chi connectivity index (χ0n) is 14.9. The van der Waals surface area contributed by atoms with Gasteiger partial charge in [0, 0.05) is 5.56 Å². The van der Waals surface area contributed by atoms with Crippen LogP contribution in [0.3, 0.4) is 0 Å². The summed E-state index contributed by atoms with van der Waals surface area (Å²) >= 11 is 17.0. The Bertz CT molecular complexity index is 700. The number of aliphatic hydroxyl groups excluding tert-OH is 1. The molecular formula is C16H19Cl3F3NO4. The minimum atomic E-state index is -5.00. The number of alkyl halides is 6. The summed E-state index contributed by atoms with van der Waals surface area (Å²) in [6.45, 7) is 4.46. The van der Waals surface area contributed by atoms with Crippen molar-refractivity contribution in [3.63, 3.8) is 0 Å². The van der Waals surface area contributed by atoms with E-state index in [-0.39, 0.29) is 5.69 Å². The van der Waals surface area contributed by atoms with Gasteiger partial charge in [-0.2, -0.15) is 13.2 Å². The first-order valence-electron chi connectivity index (χ1n) is 7.53. The molecule has 0 aliphatic heterocycles. The highest BCUT2D eigenvalue weighted by atomic mass is 35.6. The van der Waals surface area contributed by atoms with Gasteiger partial charge in [-0.1, -0.05) is 55.6 Å². The van der Waals surface area contributed by atoms with Crippen LogP contribution in [0, 0.1) is 0 Å². The van der Waals surface area contributed by atoms with Gasteiger partial charge >= 0.3 is 12.3 Å². The molecule has 0 saturated carbocycles. The fourth-order valence-electron chi connectivity index (χ4n) is 2.31. The molecule has 154 valence electrons. The summed E-state index contributed by atoms with van der Waals surface area (Å²) in [5.41, 5.74) is -1.26. The predicted molar refractivity (Wildman–Crippen MR) is 98.4 cm³/mol. The summed E-state index contributed by atoms with van der Waals surface area (Å²) in [5, 5.41) is 19.3. The van der Waals surface area contributed by atoms with Gasteiger partial charge in [-0.25, -0.2) is 4.79 Å². The van der Waals surface area contributed by atoms with Gasteiger partial charge in [0.2, 0.25) is 3.79 Å². The average molecular weight is 453 g/mol. The van der Waals surface area contributed by atoms with E-state index in [9.17, 15) is 28.2 Å². The van der Waals surface area contributed by atoms with Crippen LogP contribution in [0.15, 0.2) is 12.1 Å². The molecule has 0 bridgehead atoms. The Morgan fingerprint density at radius 2 is 1.74 bits per heavy atom. The first-order valence-corrected chi connectivity index (χ1v) is 8.67. The average Bonchev–Trinajstić information content (AvgIpc) is 2.47. The van der Waals surface area contributed by atoms with E-state index in [2.05, 4.69) is 0 Å². The molecule has 27 heavy (non-hydrogen) atoms. The largest absolute Gasteiger partial charge is 0.494 e. The number of amides is 1. The lowest BCUT2D eigenvalue weighted by molar-refractivity contribution is -0.207. The van der Waals surface area contributed by atoms with Gasteiger partial charge in [-0.15, -0.1) is 0 Å². The van der Waals surface area contributed by atoms with E-state index >= 15 is 0 Å². The molecular weight excluding hydrogens is 434 g/mol. The molecule has 0 radical (unpaired) electrons. The Morgan fingerprint density at radius 1 is 1.22 bits per heavy atom. The molecule has 1 aromatic carbocycles. The van der Waals surface area contributed by atoms with Crippen LogP contribution in [0.25, 0.3) is 0 Å². The molecule has 2 N–H and O–H groups in total. The lowest BCUT2D eigenvalue weighted by Gasteiger charge is -2.30. The lowest BCUT2D eigenvalue weighted by Crippen LogP contribution is -2.37. The maximum atomic E-state index is 13.1. The van der Waals surface area contributed by atoms with E-state index in [0.29, 0.717) is 10.5 Å². The minimum Gasteiger partial charge on any atom is -0.494 e. The molecule has 0 spiro atoms.